The second kappa shape index (κ2) is 7.68. The first-order valence-electron chi connectivity index (χ1n) is 8.73. The lowest BCUT2D eigenvalue weighted by Crippen LogP contribution is -2.34. The van der Waals surface area contributed by atoms with Gasteiger partial charge in [-0.15, -0.1) is 0 Å². The normalized spacial score (nSPS) is 23.0. The molecule has 1 heterocycles. The van der Waals surface area contributed by atoms with Crippen LogP contribution in [0.15, 0.2) is 24.3 Å². The van der Waals surface area contributed by atoms with E-state index in [1.807, 2.05) is 17.0 Å². The molecule has 5 heteroatoms. The molecule has 0 spiro atoms. The molecule has 1 aromatic rings. The molecule has 0 aromatic heterocycles. The van der Waals surface area contributed by atoms with Crippen LogP contribution in [-0.2, 0) is 9.59 Å². The van der Waals surface area contributed by atoms with Crippen LogP contribution in [0.2, 0.25) is 0 Å². The van der Waals surface area contributed by atoms with E-state index in [2.05, 4.69) is 0 Å². The third-order valence-electron chi connectivity index (χ3n) is 5.15. The molecule has 0 bridgehead atoms. The Balaban J connectivity index is 1.79. The maximum atomic E-state index is 13.3. The number of halogens is 1. The van der Waals surface area contributed by atoms with Crippen LogP contribution in [0.1, 0.15) is 50.6 Å². The highest BCUT2D eigenvalue weighted by Crippen LogP contribution is 2.42. The van der Waals surface area contributed by atoms with E-state index in [0.29, 0.717) is 24.6 Å². The number of carbonyl (C=O) groups excluding carboxylic acids is 2. The number of thioether (sulfide) groups is 1. The summed E-state index contributed by atoms with van der Waals surface area (Å²) in [4.78, 5) is 25.8. The van der Waals surface area contributed by atoms with Crippen LogP contribution < -0.4 is 0 Å². The number of amides is 1. The van der Waals surface area contributed by atoms with Gasteiger partial charge in [0.25, 0.3) is 0 Å². The van der Waals surface area contributed by atoms with Gasteiger partial charge in [-0.25, -0.2) is 4.39 Å². The zero-order chi connectivity index (χ0) is 17.1. The summed E-state index contributed by atoms with van der Waals surface area (Å²) in [5.41, 5.74) is 1.04. The molecule has 1 aliphatic heterocycles. The highest BCUT2D eigenvalue weighted by atomic mass is 32.2. The first-order valence-corrected chi connectivity index (χ1v) is 9.71. The summed E-state index contributed by atoms with van der Waals surface area (Å²) in [6, 6.07) is 6.67. The molecule has 1 aromatic carbocycles. The molecular weight excluding hydrogens is 325 g/mol. The van der Waals surface area contributed by atoms with Gasteiger partial charge in [-0.3, -0.25) is 9.59 Å². The molecular formula is C19H24FNO2S. The summed E-state index contributed by atoms with van der Waals surface area (Å²) >= 11 is 1.31. The van der Waals surface area contributed by atoms with Crippen molar-refractivity contribution in [3.05, 3.63) is 35.6 Å². The summed E-state index contributed by atoms with van der Waals surface area (Å²) in [5, 5.41) is 0.103. The van der Waals surface area contributed by atoms with Crippen molar-refractivity contribution >= 4 is 22.8 Å². The SMILES string of the molecule is CC(=O)SCC1CC(=O)N(C(c2ccc(F)cc2)C2CCCC2)C1. The second-order valence-electron chi connectivity index (χ2n) is 6.96. The van der Waals surface area contributed by atoms with Crippen molar-refractivity contribution in [1.82, 2.24) is 4.90 Å². The Hall–Kier alpha value is -1.36. The number of nitrogens with zero attached hydrogens (tertiary/aromatic N) is 1. The van der Waals surface area contributed by atoms with Crippen LogP contribution in [0, 0.1) is 17.7 Å². The molecule has 0 N–H and O–H groups in total. The Labute approximate surface area is 147 Å². The maximum absolute atomic E-state index is 13.3. The molecule has 1 saturated heterocycles. The lowest BCUT2D eigenvalue weighted by atomic mass is 9.90. The van der Waals surface area contributed by atoms with Gasteiger partial charge in [-0.1, -0.05) is 36.7 Å². The minimum absolute atomic E-state index is 0.0490. The molecule has 24 heavy (non-hydrogen) atoms. The minimum atomic E-state index is -0.243. The molecule has 1 amide bonds. The van der Waals surface area contributed by atoms with Crippen LogP contribution in [0.5, 0.6) is 0 Å². The van der Waals surface area contributed by atoms with E-state index in [0.717, 1.165) is 18.4 Å². The van der Waals surface area contributed by atoms with E-state index >= 15 is 0 Å². The van der Waals surface area contributed by atoms with Crippen molar-refractivity contribution < 1.29 is 14.0 Å². The van der Waals surface area contributed by atoms with Crippen molar-refractivity contribution in [3.63, 3.8) is 0 Å². The lowest BCUT2D eigenvalue weighted by molar-refractivity contribution is -0.130. The molecule has 2 aliphatic rings. The number of hydrogen-bond acceptors (Lipinski definition) is 3. The van der Waals surface area contributed by atoms with E-state index in [1.165, 1.54) is 36.7 Å². The number of likely N-dealkylation sites (tertiary alicyclic amines) is 1. The molecule has 3 rings (SSSR count). The van der Waals surface area contributed by atoms with Gasteiger partial charge in [0.1, 0.15) is 5.82 Å². The van der Waals surface area contributed by atoms with E-state index in [-0.39, 0.29) is 28.8 Å². The van der Waals surface area contributed by atoms with Crippen LogP contribution in [0.4, 0.5) is 4.39 Å². The van der Waals surface area contributed by atoms with Crippen molar-refractivity contribution in [2.24, 2.45) is 11.8 Å². The van der Waals surface area contributed by atoms with E-state index in [1.54, 1.807) is 6.92 Å². The van der Waals surface area contributed by atoms with Crippen LogP contribution in [0.25, 0.3) is 0 Å². The first-order chi connectivity index (χ1) is 11.5. The second-order valence-corrected chi connectivity index (χ2v) is 8.16. The predicted molar refractivity (Wildman–Crippen MR) is 94.1 cm³/mol. The molecule has 2 unspecified atom stereocenters. The maximum Gasteiger partial charge on any atom is 0.223 e. The highest BCUT2D eigenvalue weighted by molar-refractivity contribution is 8.13. The quantitative estimate of drug-likeness (QED) is 0.800. The summed E-state index contributed by atoms with van der Waals surface area (Å²) in [5.74, 6) is 1.32. The van der Waals surface area contributed by atoms with Gasteiger partial charge in [0.2, 0.25) is 5.91 Å². The Morgan fingerprint density at radius 3 is 2.58 bits per heavy atom. The average molecular weight is 349 g/mol. The Kier molecular flexibility index (Phi) is 5.59. The third kappa shape index (κ3) is 4.00. The highest BCUT2D eigenvalue weighted by Gasteiger charge is 2.39. The van der Waals surface area contributed by atoms with E-state index < -0.39 is 0 Å². The number of hydrogen-bond donors (Lipinski definition) is 0. The lowest BCUT2D eigenvalue weighted by Gasteiger charge is -2.33. The smallest absolute Gasteiger partial charge is 0.223 e. The Morgan fingerprint density at radius 1 is 1.29 bits per heavy atom. The van der Waals surface area contributed by atoms with Crippen molar-refractivity contribution in [2.75, 3.05) is 12.3 Å². The summed E-state index contributed by atoms with van der Waals surface area (Å²) in [6.45, 7) is 2.27. The van der Waals surface area contributed by atoms with Gasteiger partial charge in [-0.05, 0) is 42.4 Å². The summed E-state index contributed by atoms with van der Waals surface area (Å²) in [6.07, 6.45) is 5.17. The molecule has 130 valence electrons. The van der Waals surface area contributed by atoms with Crippen LogP contribution in [-0.4, -0.2) is 28.2 Å². The van der Waals surface area contributed by atoms with E-state index in [4.69, 9.17) is 0 Å². The minimum Gasteiger partial charge on any atom is -0.335 e. The standard InChI is InChI=1S/C19H24FNO2S/c1-13(22)24-12-14-10-18(23)21(11-14)19(15-4-2-3-5-15)16-6-8-17(20)9-7-16/h6-9,14-15,19H,2-5,10-12H2,1H3. The Bertz CT molecular complexity index is 598. The van der Waals surface area contributed by atoms with Crippen molar-refractivity contribution in [3.8, 4) is 0 Å². The molecule has 1 saturated carbocycles. The van der Waals surface area contributed by atoms with Gasteiger partial charge in [0, 0.05) is 25.6 Å². The van der Waals surface area contributed by atoms with Crippen LogP contribution >= 0.6 is 11.8 Å². The topological polar surface area (TPSA) is 37.4 Å². The fourth-order valence-corrected chi connectivity index (χ4v) is 4.76. The number of benzene rings is 1. The first kappa shape index (κ1) is 17.5. The fourth-order valence-electron chi connectivity index (χ4n) is 4.06. The van der Waals surface area contributed by atoms with Crippen molar-refractivity contribution in [2.45, 2.75) is 45.1 Å². The summed E-state index contributed by atoms with van der Waals surface area (Å²) < 4.78 is 13.3. The third-order valence-corrected chi connectivity index (χ3v) is 6.20. The predicted octanol–water partition coefficient (Wildman–Crippen LogP) is 4.19. The van der Waals surface area contributed by atoms with Gasteiger partial charge in [0.15, 0.2) is 5.12 Å². The van der Waals surface area contributed by atoms with E-state index in [9.17, 15) is 14.0 Å². The summed E-state index contributed by atoms with van der Waals surface area (Å²) in [7, 11) is 0. The number of rotatable bonds is 5. The van der Waals surface area contributed by atoms with Gasteiger partial charge in [0.05, 0.1) is 6.04 Å². The zero-order valence-electron chi connectivity index (χ0n) is 14.0. The molecule has 0 radical (unpaired) electrons. The largest absolute Gasteiger partial charge is 0.335 e. The van der Waals surface area contributed by atoms with Crippen molar-refractivity contribution in [1.29, 1.82) is 0 Å². The van der Waals surface area contributed by atoms with Crippen LogP contribution in [0.3, 0.4) is 0 Å². The molecule has 2 fully saturated rings. The van der Waals surface area contributed by atoms with Gasteiger partial charge in [-0.2, -0.15) is 0 Å². The zero-order valence-corrected chi connectivity index (χ0v) is 14.9. The molecule has 1 aliphatic carbocycles. The van der Waals surface area contributed by atoms with Gasteiger partial charge >= 0.3 is 0 Å². The molecule has 2 atom stereocenters. The van der Waals surface area contributed by atoms with Gasteiger partial charge < -0.3 is 4.90 Å². The Morgan fingerprint density at radius 2 is 1.96 bits per heavy atom. The molecule has 3 nitrogen and oxygen atoms in total. The average Bonchev–Trinajstić information content (AvgIpc) is 3.18. The monoisotopic (exact) mass is 349 g/mol. The fraction of sp³-hybridized carbons (Fsp3) is 0.579. The number of carbonyl (C=O) groups is 2.